The molecule has 0 spiro atoms. The number of likely N-dealkylation sites (tertiary alicyclic amines) is 2. The quantitative estimate of drug-likeness (QED) is 0.329. The van der Waals surface area contributed by atoms with E-state index in [9.17, 15) is 19.2 Å². The van der Waals surface area contributed by atoms with Crippen molar-refractivity contribution in [1.82, 2.24) is 9.80 Å². The Bertz CT molecular complexity index is 1450. The second kappa shape index (κ2) is 14.3. The van der Waals surface area contributed by atoms with E-state index in [0.29, 0.717) is 43.7 Å². The highest BCUT2D eigenvalue weighted by atomic mass is 32.1. The Balaban J connectivity index is 1.11. The molecule has 2 saturated heterocycles. The van der Waals surface area contributed by atoms with Gasteiger partial charge in [0.1, 0.15) is 18.7 Å². The number of rotatable bonds is 10. The van der Waals surface area contributed by atoms with E-state index < -0.39 is 12.1 Å². The molecule has 0 aliphatic carbocycles. The molecule has 4 amide bonds. The van der Waals surface area contributed by atoms with E-state index in [1.54, 1.807) is 21.1 Å². The van der Waals surface area contributed by atoms with Crippen molar-refractivity contribution in [3.8, 4) is 0 Å². The predicted molar refractivity (Wildman–Crippen MR) is 168 cm³/mol. The van der Waals surface area contributed by atoms with Crippen LogP contribution >= 0.6 is 11.3 Å². The molecule has 0 unspecified atom stereocenters. The van der Waals surface area contributed by atoms with E-state index in [2.05, 4.69) is 10.6 Å². The number of carbonyl (C=O) groups is 4. The minimum absolute atomic E-state index is 0.00843. The Kier molecular flexibility index (Phi) is 10.0. The van der Waals surface area contributed by atoms with Crippen molar-refractivity contribution < 1.29 is 23.9 Å². The van der Waals surface area contributed by atoms with Gasteiger partial charge in [-0.1, -0.05) is 42.5 Å². The largest absolute Gasteiger partial charge is 0.375 e. The van der Waals surface area contributed by atoms with Crippen LogP contribution in [-0.2, 0) is 30.3 Å². The summed E-state index contributed by atoms with van der Waals surface area (Å²) in [7, 11) is 1.47. The van der Waals surface area contributed by atoms with Gasteiger partial charge in [-0.3, -0.25) is 19.2 Å². The summed E-state index contributed by atoms with van der Waals surface area (Å²) in [5.41, 5.74) is 3.28. The molecule has 3 aromatic rings. The number of nitrogens with one attached hydrogen (secondary N) is 2. The zero-order chi connectivity index (χ0) is 30.2. The fourth-order valence-electron chi connectivity index (χ4n) is 5.54. The molecule has 0 radical (unpaired) electrons. The summed E-state index contributed by atoms with van der Waals surface area (Å²) < 4.78 is 4.94. The van der Waals surface area contributed by atoms with Gasteiger partial charge >= 0.3 is 0 Å². The lowest BCUT2D eigenvalue weighted by atomic mass is 10.1. The summed E-state index contributed by atoms with van der Waals surface area (Å²) >= 11 is 1.55. The number of methoxy groups -OCH3 is 1. The minimum Gasteiger partial charge on any atom is -0.375 e. The number of anilines is 2. The number of hydrogen-bond donors (Lipinski definition) is 2. The fourth-order valence-corrected chi connectivity index (χ4v) is 6.24. The molecule has 224 valence electrons. The van der Waals surface area contributed by atoms with Crippen molar-refractivity contribution in [3.63, 3.8) is 0 Å². The molecular weight excluding hydrogens is 564 g/mol. The van der Waals surface area contributed by atoms with Crippen molar-refractivity contribution in [2.75, 3.05) is 37.4 Å². The molecule has 2 fully saturated rings. The molecule has 2 aliphatic rings. The van der Waals surface area contributed by atoms with Gasteiger partial charge in [-0.25, -0.2) is 0 Å². The zero-order valence-corrected chi connectivity index (χ0v) is 25.0. The van der Waals surface area contributed by atoms with Crippen LogP contribution in [0.3, 0.4) is 0 Å². The smallest absolute Gasteiger partial charge is 0.249 e. The van der Waals surface area contributed by atoms with Gasteiger partial charge in [-0.05, 0) is 72.5 Å². The molecule has 0 saturated carbocycles. The number of hydrogen-bond acceptors (Lipinski definition) is 6. The van der Waals surface area contributed by atoms with Crippen LogP contribution in [0.25, 0.3) is 12.2 Å². The van der Waals surface area contributed by atoms with Crippen molar-refractivity contribution in [3.05, 3.63) is 82.0 Å². The fraction of sp³-hybridized carbons (Fsp3) is 0.333. The van der Waals surface area contributed by atoms with Crippen LogP contribution in [0.15, 0.2) is 66.0 Å². The molecular formula is C33H36N4O5S. The van der Waals surface area contributed by atoms with Crippen LogP contribution in [0.4, 0.5) is 11.4 Å². The van der Waals surface area contributed by atoms with E-state index in [4.69, 9.17) is 4.74 Å². The maximum Gasteiger partial charge on any atom is 0.249 e. The summed E-state index contributed by atoms with van der Waals surface area (Å²) in [6, 6.07) is 18.0. The second-order valence-electron chi connectivity index (χ2n) is 10.7. The van der Waals surface area contributed by atoms with Gasteiger partial charge in [0.2, 0.25) is 23.6 Å². The SMILES string of the molecule is COCC(=O)N1CCC[C@H]1C(=O)Nc1ccc(C=Cc2ccc(NC(=O)[C@@H]3CCCN3C(=O)Cc3cccs3)cc2)cc1. The molecule has 5 rings (SSSR count). The average molecular weight is 601 g/mol. The Morgan fingerprint density at radius 1 is 0.791 bits per heavy atom. The maximum atomic E-state index is 13.0. The molecule has 0 bridgehead atoms. The van der Waals surface area contributed by atoms with Gasteiger partial charge in [0, 0.05) is 36.5 Å². The molecule has 1 aromatic heterocycles. The van der Waals surface area contributed by atoms with Crippen LogP contribution in [0.1, 0.15) is 41.7 Å². The van der Waals surface area contributed by atoms with Crippen molar-refractivity contribution in [2.24, 2.45) is 0 Å². The Labute approximate surface area is 255 Å². The first kappa shape index (κ1) is 30.2. The molecule has 3 heterocycles. The molecule has 2 atom stereocenters. The Morgan fingerprint density at radius 3 is 1.77 bits per heavy atom. The molecule has 10 heteroatoms. The third kappa shape index (κ3) is 7.77. The van der Waals surface area contributed by atoms with E-state index in [-0.39, 0.29) is 30.2 Å². The number of ether oxygens (including phenoxy) is 1. The number of nitrogens with zero attached hydrogens (tertiary/aromatic N) is 2. The molecule has 2 aliphatic heterocycles. The summed E-state index contributed by atoms with van der Waals surface area (Å²) in [4.78, 5) is 55.1. The first-order valence-corrected chi connectivity index (χ1v) is 15.4. The van der Waals surface area contributed by atoms with Crippen molar-refractivity contribution in [1.29, 1.82) is 0 Å². The average Bonchev–Trinajstić information content (AvgIpc) is 3.80. The topological polar surface area (TPSA) is 108 Å². The molecule has 9 nitrogen and oxygen atoms in total. The Morgan fingerprint density at radius 2 is 1.30 bits per heavy atom. The van der Waals surface area contributed by atoms with Gasteiger partial charge in [-0.2, -0.15) is 0 Å². The Hall–Kier alpha value is -4.28. The van der Waals surface area contributed by atoms with Crippen LogP contribution in [0.5, 0.6) is 0 Å². The van der Waals surface area contributed by atoms with Gasteiger partial charge in [0.05, 0.1) is 6.42 Å². The molecule has 43 heavy (non-hydrogen) atoms. The maximum absolute atomic E-state index is 13.0. The number of benzene rings is 2. The molecule has 2 aromatic carbocycles. The van der Waals surface area contributed by atoms with E-state index in [0.717, 1.165) is 28.8 Å². The summed E-state index contributed by atoms with van der Waals surface area (Å²) in [6.07, 6.45) is 7.19. The van der Waals surface area contributed by atoms with E-state index in [1.807, 2.05) is 78.2 Å². The van der Waals surface area contributed by atoms with Gasteiger partial charge in [0.15, 0.2) is 0 Å². The van der Waals surface area contributed by atoms with Gasteiger partial charge in [0.25, 0.3) is 0 Å². The lowest BCUT2D eigenvalue weighted by Gasteiger charge is -2.24. The lowest BCUT2D eigenvalue weighted by Crippen LogP contribution is -2.44. The van der Waals surface area contributed by atoms with Gasteiger partial charge in [-0.15, -0.1) is 11.3 Å². The number of thiophene rings is 1. The van der Waals surface area contributed by atoms with Crippen LogP contribution < -0.4 is 10.6 Å². The summed E-state index contributed by atoms with van der Waals surface area (Å²) in [5, 5.41) is 7.84. The second-order valence-corrected chi connectivity index (χ2v) is 11.8. The highest BCUT2D eigenvalue weighted by Gasteiger charge is 2.35. The first-order valence-electron chi connectivity index (χ1n) is 14.5. The predicted octanol–water partition coefficient (Wildman–Crippen LogP) is 4.67. The zero-order valence-electron chi connectivity index (χ0n) is 24.2. The van der Waals surface area contributed by atoms with E-state index >= 15 is 0 Å². The third-order valence-corrected chi connectivity index (χ3v) is 8.63. The summed E-state index contributed by atoms with van der Waals surface area (Å²) in [6.45, 7) is 1.14. The monoisotopic (exact) mass is 600 g/mol. The van der Waals surface area contributed by atoms with Gasteiger partial charge < -0.3 is 25.2 Å². The molecule has 2 N–H and O–H groups in total. The first-order chi connectivity index (χ1) is 20.9. The van der Waals surface area contributed by atoms with Crippen LogP contribution in [0.2, 0.25) is 0 Å². The minimum atomic E-state index is -0.481. The van der Waals surface area contributed by atoms with Crippen LogP contribution in [-0.4, -0.2) is 72.3 Å². The normalized spacial score (nSPS) is 18.3. The lowest BCUT2D eigenvalue weighted by molar-refractivity contribution is -0.139. The van der Waals surface area contributed by atoms with Crippen molar-refractivity contribution in [2.45, 2.75) is 44.2 Å². The third-order valence-electron chi connectivity index (χ3n) is 7.75. The number of amides is 4. The van der Waals surface area contributed by atoms with Crippen molar-refractivity contribution >= 4 is 58.5 Å². The highest BCUT2D eigenvalue weighted by molar-refractivity contribution is 7.10. The standard InChI is InChI=1S/C33H36N4O5S/c1-42-22-31(39)37-19-3-7-29(37)33(41)35-26-16-12-24(13-17-26)9-8-23-10-14-25(15-11-23)34-32(40)28-6-2-18-36(28)30(38)21-27-5-4-20-43-27/h4-5,8-17,20,28-29H,2-3,6-7,18-19,21-22H2,1H3,(H,34,40)(H,35,41)/t28-,29-/m0/s1. The summed E-state index contributed by atoms with van der Waals surface area (Å²) in [5.74, 6) is -0.530. The number of carbonyl (C=O) groups excluding carboxylic acids is 4. The van der Waals surface area contributed by atoms with Crippen LogP contribution in [0, 0.1) is 0 Å². The highest BCUT2D eigenvalue weighted by Crippen LogP contribution is 2.23. The van der Waals surface area contributed by atoms with E-state index in [1.165, 1.54) is 7.11 Å².